The molecule has 0 amide bonds. The van der Waals surface area contributed by atoms with Crippen LogP contribution in [0.2, 0.25) is 0 Å². The van der Waals surface area contributed by atoms with Crippen molar-refractivity contribution < 1.29 is 66.4 Å². The predicted molar refractivity (Wildman–Crippen MR) is 187 cm³/mol. The van der Waals surface area contributed by atoms with E-state index in [9.17, 15) is 4.79 Å². The molecule has 1 unspecified atom stereocenters. The van der Waals surface area contributed by atoms with E-state index in [0.29, 0.717) is 176 Å². The molecule has 292 valence electrons. The fraction of sp³-hybridized carbons (Fsp3) is 0.806. The first-order valence-corrected chi connectivity index (χ1v) is 17.9. The molecule has 0 radical (unpaired) electrons. The second-order valence-electron chi connectivity index (χ2n) is 10.9. The number of benzene rings is 1. The third-order valence-corrected chi connectivity index (χ3v) is 6.70. The molecule has 0 spiro atoms. The summed E-state index contributed by atoms with van der Waals surface area (Å²) in [7, 11) is 0. The molecule has 0 fully saturated rings. The normalized spacial score (nSPS) is 12.0. The van der Waals surface area contributed by atoms with E-state index in [-0.39, 0.29) is 0 Å². The van der Waals surface area contributed by atoms with Crippen molar-refractivity contribution in [3.05, 3.63) is 29.8 Å². The topological polar surface area (TPSA) is 137 Å². The highest BCUT2D eigenvalue weighted by atomic mass is 16.6. The minimum atomic E-state index is 0.430. The highest BCUT2D eigenvalue weighted by molar-refractivity contribution is 5.74. The summed E-state index contributed by atoms with van der Waals surface area (Å²) in [4.78, 5) is 10.6. The van der Waals surface area contributed by atoms with Gasteiger partial charge in [0.2, 0.25) is 0 Å². The largest absolute Gasteiger partial charge is 0.491 e. The van der Waals surface area contributed by atoms with Crippen LogP contribution in [0, 0.1) is 5.92 Å². The van der Waals surface area contributed by atoms with Gasteiger partial charge in [-0.05, 0) is 30.2 Å². The molecule has 0 aliphatic rings. The lowest BCUT2D eigenvalue weighted by Gasteiger charge is -2.10. The zero-order valence-electron chi connectivity index (χ0n) is 30.6. The summed E-state index contributed by atoms with van der Waals surface area (Å²) in [6, 6.07) is 6.94. The average molecular weight is 721 g/mol. The molecule has 0 aliphatic carbocycles. The molecule has 1 aromatic rings. The maximum Gasteiger partial charge on any atom is 0.150 e. The van der Waals surface area contributed by atoms with Gasteiger partial charge in [-0.3, -0.25) is 4.79 Å². The van der Waals surface area contributed by atoms with Gasteiger partial charge in [-0.15, -0.1) is 0 Å². The molecular weight excluding hydrogens is 656 g/mol. The zero-order valence-corrected chi connectivity index (χ0v) is 30.6. The Labute approximate surface area is 299 Å². The number of hydrogen-bond acceptors (Lipinski definition) is 14. The van der Waals surface area contributed by atoms with E-state index in [1.54, 1.807) is 24.3 Å². The molecule has 1 atom stereocenters. The van der Waals surface area contributed by atoms with Crippen LogP contribution in [0.3, 0.4) is 0 Å². The third kappa shape index (κ3) is 33.4. The van der Waals surface area contributed by atoms with Gasteiger partial charge in [0.05, 0.1) is 152 Å². The van der Waals surface area contributed by atoms with Gasteiger partial charge >= 0.3 is 0 Å². The smallest absolute Gasteiger partial charge is 0.150 e. The molecule has 0 heterocycles. The Hall–Kier alpha value is -1.79. The van der Waals surface area contributed by atoms with Gasteiger partial charge in [-0.25, -0.2) is 0 Å². The predicted octanol–water partition coefficient (Wildman–Crippen LogP) is 3.12. The van der Waals surface area contributed by atoms with Crippen molar-refractivity contribution in [2.24, 2.45) is 5.92 Å². The number of aldehydes is 1. The van der Waals surface area contributed by atoms with Gasteiger partial charge in [0.25, 0.3) is 0 Å². The van der Waals surface area contributed by atoms with E-state index in [0.717, 1.165) is 19.3 Å². The second kappa shape index (κ2) is 38.4. The molecule has 14 heteroatoms. The molecule has 0 aliphatic heterocycles. The minimum absolute atomic E-state index is 0.430. The number of rotatable bonds is 41. The van der Waals surface area contributed by atoms with Crippen molar-refractivity contribution in [3.63, 3.8) is 0 Å². The molecule has 0 N–H and O–H groups in total. The summed E-state index contributed by atoms with van der Waals surface area (Å²) in [5.41, 5.74) is 0.618. The van der Waals surface area contributed by atoms with Crippen LogP contribution < -0.4 is 4.74 Å². The Kier molecular flexibility index (Phi) is 35.5. The van der Waals surface area contributed by atoms with E-state index >= 15 is 0 Å². The highest BCUT2D eigenvalue weighted by Gasteiger charge is 1.99. The number of hydrogen-bond donors (Lipinski definition) is 0. The molecule has 50 heavy (non-hydrogen) atoms. The lowest BCUT2D eigenvalue weighted by molar-refractivity contribution is -0.0287. The minimum Gasteiger partial charge on any atom is -0.491 e. The standard InChI is InChI=1S/C36H64O14/c1-3-34(2)33-49-29-28-47-25-24-45-21-20-43-17-16-41-13-12-39-9-8-38-10-11-40-14-15-42-18-19-44-22-23-46-26-27-48-30-31-50-36-6-4-35(32-37)5-7-36/h4-7,32,34H,3,8-31,33H2,1-2H3. The second-order valence-corrected chi connectivity index (χ2v) is 10.9. The van der Waals surface area contributed by atoms with Gasteiger partial charge < -0.3 is 61.6 Å². The molecular formula is C36H64O14. The lowest BCUT2D eigenvalue weighted by Crippen LogP contribution is -2.15. The maximum atomic E-state index is 10.6. The summed E-state index contributed by atoms with van der Waals surface area (Å²) in [6.45, 7) is 17.4. The molecule has 0 saturated heterocycles. The van der Waals surface area contributed by atoms with E-state index in [1.807, 2.05) is 0 Å². The van der Waals surface area contributed by atoms with Crippen molar-refractivity contribution in [2.45, 2.75) is 20.3 Å². The van der Waals surface area contributed by atoms with Crippen LogP contribution in [-0.2, 0) is 56.8 Å². The van der Waals surface area contributed by atoms with Gasteiger partial charge in [0, 0.05) is 12.2 Å². The van der Waals surface area contributed by atoms with Crippen LogP contribution in [0.4, 0.5) is 0 Å². The van der Waals surface area contributed by atoms with Crippen molar-refractivity contribution in [2.75, 3.05) is 165 Å². The Morgan fingerprint density at radius 2 is 0.680 bits per heavy atom. The Morgan fingerprint density at radius 1 is 0.420 bits per heavy atom. The molecule has 0 saturated carbocycles. The van der Waals surface area contributed by atoms with Gasteiger partial charge in [0.1, 0.15) is 18.6 Å². The molecule has 1 aromatic carbocycles. The van der Waals surface area contributed by atoms with E-state index < -0.39 is 0 Å². The van der Waals surface area contributed by atoms with Crippen molar-refractivity contribution >= 4 is 6.29 Å². The van der Waals surface area contributed by atoms with Gasteiger partial charge in [-0.1, -0.05) is 20.3 Å². The van der Waals surface area contributed by atoms with Crippen LogP contribution in [-0.4, -0.2) is 171 Å². The SMILES string of the molecule is CCC(C)COCCOCCOCCOCCOCCOCCOCCOCCOCCOCCOCCOCCOc1ccc(C=O)cc1. The van der Waals surface area contributed by atoms with E-state index in [2.05, 4.69) is 13.8 Å². The van der Waals surface area contributed by atoms with Crippen LogP contribution >= 0.6 is 0 Å². The molecule has 0 aromatic heterocycles. The average Bonchev–Trinajstić information content (AvgIpc) is 3.14. The fourth-order valence-electron chi connectivity index (χ4n) is 3.68. The molecule has 14 nitrogen and oxygen atoms in total. The summed E-state index contributed by atoms with van der Waals surface area (Å²) in [6.07, 6.45) is 1.93. The monoisotopic (exact) mass is 720 g/mol. The molecule has 1 rings (SSSR count). The Balaban J connectivity index is 1.63. The van der Waals surface area contributed by atoms with E-state index in [1.165, 1.54) is 0 Å². The summed E-state index contributed by atoms with van der Waals surface area (Å²) in [5, 5.41) is 0. The van der Waals surface area contributed by atoms with Crippen molar-refractivity contribution in [3.8, 4) is 5.75 Å². The molecule has 0 bridgehead atoms. The zero-order chi connectivity index (χ0) is 35.8. The number of ether oxygens (including phenoxy) is 13. The van der Waals surface area contributed by atoms with Crippen molar-refractivity contribution in [1.29, 1.82) is 0 Å². The first-order valence-electron chi connectivity index (χ1n) is 17.9. The van der Waals surface area contributed by atoms with Crippen LogP contribution in [0.5, 0.6) is 5.75 Å². The van der Waals surface area contributed by atoms with E-state index in [4.69, 9.17) is 61.6 Å². The van der Waals surface area contributed by atoms with Gasteiger partial charge in [-0.2, -0.15) is 0 Å². The lowest BCUT2D eigenvalue weighted by atomic mass is 10.1. The van der Waals surface area contributed by atoms with Gasteiger partial charge in [0.15, 0.2) is 0 Å². The highest BCUT2D eigenvalue weighted by Crippen LogP contribution is 2.10. The fourth-order valence-corrected chi connectivity index (χ4v) is 3.68. The third-order valence-electron chi connectivity index (χ3n) is 6.70. The quantitative estimate of drug-likeness (QED) is 0.0724. The summed E-state index contributed by atoms with van der Waals surface area (Å²) in [5.74, 6) is 1.30. The first-order chi connectivity index (χ1) is 24.8. The van der Waals surface area contributed by atoms with Crippen LogP contribution in [0.25, 0.3) is 0 Å². The maximum absolute atomic E-state index is 10.6. The number of carbonyl (C=O) groups is 1. The summed E-state index contributed by atoms with van der Waals surface area (Å²) >= 11 is 0. The summed E-state index contributed by atoms with van der Waals surface area (Å²) < 4.78 is 71.4. The Morgan fingerprint density at radius 3 is 0.940 bits per heavy atom. The van der Waals surface area contributed by atoms with Crippen LogP contribution in [0.1, 0.15) is 30.6 Å². The first kappa shape index (κ1) is 46.2. The van der Waals surface area contributed by atoms with Crippen LogP contribution in [0.15, 0.2) is 24.3 Å². The Bertz CT molecular complexity index is 817. The van der Waals surface area contributed by atoms with Crippen molar-refractivity contribution in [1.82, 2.24) is 0 Å². The number of carbonyl (C=O) groups excluding carboxylic acids is 1.